The van der Waals surface area contributed by atoms with Crippen LogP contribution in [0.15, 0.2) is 41.1 Å². The molecule has 0 saturated carbocycles. The maximum absolute atomic E-state index is 5.40. The van der Waals surface area contributed by atoms with Gasteiger partial charge in [-0.05, 0) is 32.2 Å². The summed E-state index contributed by atoms with van der Waals surface area (Å²) in [5.74, 6) is 1.98. The standard InChI is InChI=1S/C14H19N3O/c1-3-17(11-13-7-5-9-18-13)14-12(10-15-2)6-4-8-16-14/h4-9,15H,3,10-11H2,1-2H3. The van der Waals surface area contributed by atoms with Crippen molar-refractivity contribution >= 4 is 5.82 Å². The van der Waals surface area contributed by atoms with Crippen LogP contribution in [-0.2, 0) is 13.1 Å². The summed E-state index contributed by atoms with van der Waals surface area (Å²) in [6.07, 6.45) is 3.54. The second-order valence-corrected chi connectivity index (χ2v) is 4.11. The molecule has 0 aliphatic rings. The SMILES string of the molecule is CCN(Cc1ccco1)c1ncccc1CNC. The normalized spacial score (nSPS) is 10.6. The lowest BCUT2D eigenvalue weighted by Gasteiger charge is -2.23. The topological polar surface area (TPSA) is 41.3 Å². The Kier molecular flexibility index (Phi) is 4.36. The minimum atomic E-state index is 0.747. The van der Waals surface area contributed by atoms with Crippen molar-refractivity contribution in [3.63, 3.8) is 0 Å². The molecular formula is C14H19N3O. The van der Waals surface area contributed by atoms with Crippen LogP contribution in [0.25, 0.3) is 0 Å². The van der Waals surface area contributed by atoms with Crippen molar-refractivity contribution in [3.8, 4) is 0 Å². The fourth-order valence-electron chi connectivity index (χ4n) is 1.97. The quantitative estimate of drug-likeness (QED) is 0.848. The van der Waals surface area contributed by atoms with E-state index in [1.165, 1.54) is 5.56 Å². The zero-order chi connectivity index (χ0) is 12.8. The van der Waals surface area contributed by atoms with E-state index in [9.17, 15) is 0 Å². The zero-order valence-electron chi connectivity index (χ0n) is 10.9. The molecule has 2 rings (SSSR count). The molecule has 0 saturated heterocycles. The average molecular weight is 245 g/mol. The summed E-state index contributed by atoms with van der Waals surface area (Å²) in [5.41, 5.74) is 1.20. The first kappa shape index (κ1) is 12.6. The first-order valence-electron chi connectivity index (χ1n) is 6.21. The highest BCUT2D eigenvalue weighted by Crippen LogP contribution is 2.19. The summed E-state index contributed by atoms with van der Waals surface area (Å²) >= 11 is 0. The number of aromatic nitrogens is 1. The van der Waals surface area contributed by atoms with Crippen molar-refractivity contribution in [1.82, 2.24) is 10.3 Å². The third kappa shape index (κ3) is 2.90. The molecule has 0 aromatic carbocycles. The molecule has 18 heavy (non-hydrogen) atoms. The smallest absolute Gasteiger partial charge is 0.133 e. The van der Waals surface area contributed by atoms with Crippen LogP contribution < -0.4 is 10.2 Å². The Morgan fingerprint density at radius 2 is 2.22 bits per heavy atom. The molecule has 4 heteroatoms. The highest BCUT2D eigenvalue weighted by atomic mass is 16.3. The molecule has 2 heterocycles. The molecule has 2 aromatic rings. The predicted octanol–water partition coefficient (Wildman–Crippen LogP) is 2.42. The van der Waals surface area contributed by atoms with Crippen molar-refractivity contribution in [1.29, 1.82) is 0 Å². The Balaban J connectivity index is 2.21. The van der Waals surface area contributed by atoms with E-state index in [0.717, 1.165) is 31.2 Å². The van der Waals surface area contributed by atoms with Gasteiger partial charge in [0.2, 0.25) is 0 Å². The number of nitrogens with one attached hydrogen (secondary N) is 1. The van der Waals surface area contributed by atoms with Crippen LogP contribution >= 0.6 is 0 Å². The fraction of sp³-hybridized carbons (Fsp3) is 0.357. The van der Waals surface area contributed by atoms with Gasteiger partial charge in [0.05, 0.1) is 12.8 Å². The number of nitrogens with zero attached hydrogens (tertiary/aromatic N) is 2. The lowest BCUT2D eigenvalue weighted by Crippen LogP contribution is -2.25. The summed E-state index contributed by atoms with van der Waals surface area (Å²) in [4.78, 5) is 6.71. The molecule has 0 bridgehead atoms. The van der Waals surface area contributed by atoms with Gasteiger partial charge in [0.15, 0.2) is 0 Å². The molecule has 0 atom stereocenters. The van der Waals surface area contributed by atoms with Crippen LogP contribution in [0.5, 0.6) is 0 Å². The first-order chi connectivity index (χ1) is 8.85. The molecule has 1 N–H and O–H groups in total. The second-order valence-electron chi connectivity index (χ2n) is 4.11. The molecule has 0 unspecified atom stereocenters. The summed E-state index contributed by atoms with van der Waals surface area (Å²) in [6.45, 7) is 4.59. The first-order valence-corrected chi connectivity index (χ1v) is 6.21. The molecule has 4 nitrogen and oxygen atoms in total. The van der Waals surface area contributed by atoms with Crippen LogP contribution in [0.3, 0.4) is 0 Å². The highest BCUT2D eigenvalue weighted by molar-refractivity contribution is 5.46. The Morgan fingerprint density at radius 3 is 2.89 bits per heavy atom. The van der Waals surface area contributed by atoms with Crippen molar-refractivity contribution in [2.45, 2.75) is 20.0 Å². The van der Waals surface area contributed by atoms with Crippen LogP contribution in [0, 0.1) is 0 Å². The minimum absolute atomic E-state index is 0.747. The molecule has 2 aromatic heterocycles. The molecule has 96 valence electrons. The highest BCUT2D eigenvalue weighted by Gasteiger charge is 2.12. The van der Waals surface area contributed by atoms with E-state index in [-0.39, 0.29) is 0 Å². The van der Waals surface area contributed by atoms with Gasteiger partial charge in [-0.3, -0.25) is 0 Å². The zero-order valence-corrected chi connectivity index (χ0v) is 10.9. The Hall–Kier alpha value is -1.81. The number of hydrogen-bond donors (Lipinski definition) is 1. The largest absolute Gasteiger partial charge is 0.467 e. The van der Waals surface area contributed by atoms with Gasteiger partial charge in [0.25, 0.3) is 0 Å². The van der Waals surface area contributed by atoms with Gasteiger partial charge in [-0.2, -0.15) is 0 Å². The van der Waals surface area contributed by atoms with Gasteiger partial charge in [0, 0.05) is 24.8 Å². The number of rotatable bonds is 6. The Morgan fingerprint density at radius 1 is 1.33 bits per heavy atom. The van der Waals surface area contributed by atoms with E-state index in [4.69, 9.17) is 4.42 Å². The fourth-order valence-corrected chi connectivity index (χ4v) is 1.97. The average Bonchev–Trinajstić information content (AvgIpc) is 2.90. The summed E-state index contributed by atoms with van der Waals surface area (Å²) in [6, 6.07) is 7.97. The van der Waals surface area contributed by atoms with Crippen LogP contribution in [0.2, 0.25) is 0 Å². The molecule has 0 aliphatic heterocycles. The summed E-state index contributed by atoms with van der Waals surface area (Å²) < 4.78 is 5.40. The van der Waals surface area contributed by atoms with E-state index >= 15 is 0 Å². The molecule has 0 spiro atoms. The number of anilines is 1. The van der Waals surface area contributed by atoms with Crippen molar-refractivity contribution in [2.24, 2.45) is 0 Å². The van der Waals surface area contributed by atoms with Gasteiger partial charge < -0.3 is 14.6 Å². The number of furan rings is 1. The van der Waals surface area contributed by atoms with Crippen LogP contribution in [0.1, 0.15) is 18.2 Å². The molecular weight excluding hydrogens is 226 g/mol. The molecule has 0 fully saturated rings. The number of pyridine rings is 1. The molecule has 0 amide bonds. The third-order valence-electron chi connectivity index (χ3n) is 2.84. The van der Waals surface area contributed by atoms with Crippen molar-refractivity contribution < 1.29 is 4.42 Å². The van der Waals surface area contributed by atoms with E-state index in [0.29, 0.717) is 0 Å². The van der Waals surface area contributed by atoms with Gasteiger partial charge in [-0.15, -0.1) is 0 Å². The van der Waals surface area contributed by atoms with Gasteiger partial charge >= 0.3 is 0 Å². The molecule has 0 radical (unpaired) electrons. The predicted molar refractivity (Wildman–Crippen MR) is 72.4 cm³/mol. The minimum Gasteiger partial charge on any atom is -0.467 e. The summed E-state index contributed by atoms with van der Waals surface area (Å²) in [7, 11) is 1.94. The van der Waals surface area contributed by atoms with Crippen LogP contribution in [-0.4, -0.2) is 18.6 Å². The summed E-state index contributed by atoms with van der Waals surface area (Å²) in [5, 5.41) is 3.17. The van der Waals surface area contributed by atoms with Crippen molar-refractivity contribution in [2.75, 3.05) is 18.5 Å². The molecule has 0 aliphatic carbocycles. The Bertz CT molecular complexity index is 468. The Labute approximate surface area is 108 Å². The van der Waals surface area contributed by atoms with E-state index in [2.05, 4.69) is 28.2 Å². The second kappa shape index (κ2) is 6.21. The lowest BCUT2D eigenvalue weighted by molar-refractivity contribution is 0.502. The van der Waals surface area contributed by atoms with E-state index in [1.807, 2.05) is 31.4 Å². The van der Waals surface area contributed by atoms with E-state index < -0.39 is 0 Å². The van der Waals surface area contributed by atoms with Crippen LogP contribution in [0.4, 0.5) is 5.82 Å². The maximum Gasteiger partial charge on any atom is 0.133 e. The third-order valence-corrected chi connectivity index (χ3v) is 2.84. The number of hydrogen-bond acceptors (Lipinski definition) is 4. The lowest BCUT2D eigenvalue weighted by atomic mass is 10.2. The van der Waals surface area contributed by atoms with Gasteiger partial charge in [-0.25, -0.2) is 4.98 Å². The van der Waals surface area contributed by atoms with E-state index in [1.54, 1.807) is 6.26 Å². The van der Waals surface area contributed by atoms with Crippen molar-refractivity contribution in [3.05, 3.63) is 48.0 Å². The monoisotopic (exact) mass is 245 g/mol. The van der Waals surface area contributed by atoms with Gasteiger partial charge in [-0.1, -0.05) is 6.07 Å². The maximum atomic E-state index is 5.40. The van der Waals surface area contributed by atoms with Gasteiger partial charge in [0.1, 0.15) is 11.6 Å².